The van der Waals surface area contributed by atoms with E-state index in [9.17, 15) is 9.90 Å². The maximum absolute atomic E-state index is 11.7. The van der Waals surface area contributed by atoms with E-state index in [1.165, 1.54) is 0 Å². The number of carbonyl (C=O) groups excluding carboxylic acids is 1. The van der Waals surface area contributed by atoms with Crippen molar-refractivity contribution < 1.29 is 24.1 Å². The Morgan fingerprint density at radius 3 is 2.44 bits per heavy atom. The van der Waals surface area contributed by atoms with Crippen molar-refractivity contribution in [1.82, 2.24) is 9.80 Å². The van der Waals surface area contributed by atoms with E-state index in [1.54, 1.807) is 11.8 Å². The van der Waals surface area contributed by atoms with E-state index in [1.807, 2.05) is 32.0 Å². The SMILES string of the molecule is CCOC(=O)N1CCN(C[C@@H](O)COCCOc2c(C)cccc2C)CC1. The smallest absolute Gasteiger partial charge is 0.409 e. The summed E-state index contributed by atoms with van der Waals surface area (Å²) in [6.07, 6.45) is -0.815. The molecule has 7 nitrogen and oxygen atoms in total. The van der Waals surface area contributed by atoms with E-state index in [2.05, 4.69) is 4.90 Å². The summed E-state index contributed by atoms with van der Waals surface area (Å²) in [6, 6.07) is 6.06. The van der Waals surface area contributed by atoms with Gasteiger partial charge in [0, 0.05) is 32.7 Å². The van der Waals surface area contributed by atoms with Crippen LogP contribution in [0.25, 0.3) is 0 Å². The van der Waals surface area contributed by atoms with Crippen molar-refractivity contribution in [3.8, 4) is 5.75 Å². The Morgan fingerprint density at radius 1 is 1.15 bits per heavy atom. The summed E-state index contributed by atoms with van der Waals surface area (Å²) in [5, 5.41) is 10.2. The van der Waals surface area contributed by atoms with Crippen LogP contribution in [0.3, 0.4) is 0 Å². The standard InChI is InChI=1S/C20H32N2O5/c1-4-26-20(24)22-10-8-21(9-11-22)14-18(23)15-25-12-13-27-19-16(2)6-5-7-17(19)3/h5-7,18,23H,4,8-15H2,1-3H3/t18-/m1/s1. The number of hydrogen-bond acceptors (Lipinski definition) is 6. The molecule has 152 valence electrons. The highest BCUT2D eigenvalue weighted by Crippen LogP contribution is 2.22. The monoisotopic (exact) mass is 380 g/mol. The molecule has 1 aromatic carbocycles. The van der Waals surface area contributed by atoms with Crippen molar-refractivity contribution in [2.45, 2.75) is 26.9 Å². The molecule has 0 bridgehead atoms. The predicted octanol–water partition coefficient (Wildman–Crippen LogP) is 1.83. The Kier molecular flexibility index (Phi) is 8.84. The molecule has 1 heterocycles. The van der Waals surface area contributed by atoms with Crippen LogP contribution in [-0.2, 0) is 9.47 Å². The van der Waals surface area contributed by atoms with Gasteiger partial charge in [0.2, 0.25) is 0 Å². The van der Waals surface area contributed by atoms with Crippen molar-refractivity contribution >= 4 is 6.09 Å². The van der Waals surface area contributed by atoms with Gasteiger partial charge in [-0.15, -0.1) is 0 Å². The zero-order valence-electron chi connectivity index (χ0n) is 16.6. The zero-order chi connectivity index (χ0) is 19.6. The molecule has 0 radical (unpaired) electrons. The highest BCUT2D eigenvalue weighted by Gasteiger charge is 2.23. The number of aliphatic hydroxyl groups is 1. The van der Waals surface area contributed by atoms with Crippen LogP contribution in [0.1, 0.15) is 18.1 Å². The van der Waals surface area contributed by atoms with Crippen LogP contribution >= 0.6 is 0 Å². The molecule has 0 aromatic heterocycles. The van der Waals surface area contributed by atoms with Crippen molar-refractivity contribution in [3.05, 3.63) is 29.3 Å². The lowest BCUT2D eigenvalue weighted by atomic mass is 10.1. The number of hydrogen-bond donors (Lipinski definition) is 1. The lowest BCUT2D eigenvalue weighted by Crippen LogP contribution is -2.51. The molecule has 0 saturated carbocycles. The van der Waals surface area contributed by atoms with E-state index in [0.717, 1.165) is 30.0 Å². The van der Waals surface area contributed by atoms with Crippen molar-refractivity contribution in [3.63, 3.8) is 0 Å². The second-order valence-corrected chi connectivity index (χ2v) is 6.78. The number of aliphatic hydroxyl groups excluding tert-OH is 1. The number of aryl methyl sites for hydroxylation is 2. The van der Waals surface area contributed by atoms with E-state index in [4.69, 9.17) is 14.2 Å². The first-order valence-corrected chi connectivity index (χ1v) is 9.60. The van der Waals surface area contributed by atoms with Gasteiger partial charge in [-0.2, -0.15) is 0 Å². The van der Waals surface area contributed by atoms with Crippen LogP contribution in [0.2, 0.25) is 0 Å². The normalized spacial score (nSPS) is 16.2. The lowest BCUT2D eigenvalue weighted by molar-refractivity contribution is -0.000182. The Balaban J connectivity index is 1.58. The van der Waals surface area contributed by atoms with Crippen LogP contribution in [0.5, 0.6) is 5.75 Å². The van der Waals surface area contributed by atoms with Crippen molar-refractivity contribution in [1.29, 1.82) is 0 Å². The van der Waals surface area contributed by atoms with Crippen molar-refractivity contribution in [2.24, 2.45) is 0 Å². The molecular formula is C20H32N2O5. The maximum Gasteiger partial charge on any atom is 0.409 e. The zero-order valence-corrected chi connectivity index (χ0v) is 16.6. The molecule has 1 aliphatic rings. The number of rotatable bonds is 9. The average molecular weight is 380 g/mol. The van der Waals surface area contributed by atoms with Gasteiger partial charge in [-0.05, 0) is 31.9 Å². The lowest BCUT2D eigenvalue weighted by Gasteiger charge is -2.34. The topological polar surface area (TPSA) is 71.5 Å². The molecule has 1 fully saturated rings. The highest BCUT2D eigenvalue weighted by molar-refractivity contribution is 5.67. The van der Waals surface area contributed by atoms with Crippen LogP contribution in [-0.4, -0.2) is 86.3 Å². The number of ether oxygens (including phenoxy) is 3. The molecule has 7 heteroatoms. The Labute approximate surface area is 161 Å². The molecule has 1 aliphatic heterocycles. The fourth-order valence-electron chi connectivity index (χ4n) is 3.13. The molecule has 1 saturated heterocycles. The van der Waals surface area contributed by atoms with E-state index in [0.29, 0.717) is 39.5 Å². The summed E-state index contributed by atoms with van der Waals surface area (Å²) < 4.78 is 16.3. The summed E-state index contributed by atoms with van der Waals surface area (Å²) in [7, 11) is 0. The Morgan fingerprint density at radius 2 is 1.81 bits per heavy atom. The van der Waals surface area contributed by atoms with Gasteiger partial charge in [0.1, 0.15) is 12.4 Å². The summed E-state index contributed by atoms with van der Waals surface area (Å²) in [4.78, 5) is 15.5. The molecule has 1 N–H and O–H groups in total. The van der Waals surface area contributed by atoms with Crippen LogP contribution in [0.4, 0.5) is 4.79 Å². The molecule has 1 aromatic rings. The molecule has 27 heavy (non-hydrogen) atoms. The largest absolute Gasteiger partial charge is 0.491 e. The van der Waals surface area contributed by atoms with E-state index >= 15 is 0 Å². The van der Waals surface area contributed by atoms with Gasteiger partial charge in [-0.1, -0.05) is 18.2 Å². The summed E-state index contributed by atoms with van der Waals surface area (Å²) >= 11 is 0. The number of carbonyl (C=O) groups is 1. The minimum Gasteiger partial charge on any atom is -0.491 e. The third-order valence-electron chi connectivity index (χ3n) is 4.56. The summed E-state index contributed by atoms with van der Waals surface area (Å²) in [5.74, 6) is 0.904. The maximum atomic E-state index is 11.7. The third-order valence-corrected chi connectivity index (χ3v) is 4.56. The number of β-amino-alcohol motifs (C(OH)–C–C–N with tert-alkyl or cyclic N) is 1. The third kappa shape index (κ3) is 7.01. The number of amides is 1. The molecule has 1 atom stereocenters. The van der Waals surface area contributed by atoms with Crippen LogP contribution in [0.15, 0.2) is 18.2 Å². The van der Waals surface area contributed by atoms with E-state index in [-0.39, 0.29) is 12.7 Å². The molecular weight excluding hydrogens is 348 g/mol. The second kappa shape index (κ2) is 11.1. The highest BCUT2D eigenvalue weighted by atomic mass is 16.6. The van der Waals surface area contributed by atoms with Crippen molar-refractivity contribution in [2.75, 3.05) is 59.2 Å². The molecule has 1 amide bonds. The van der Waals surface area contributed by atoms with Gasteiger partial charge in [0.25, 0.3) is 0 Å². The number of benzene rings is 1. The van der Waals surface area contributed by atoms with Gasteiger partial charge < -0.3 is 24.2 Å². The number of nitrogens with zero attached hydrogens (tertiary/aromatic N) is 2. The summed E-state index contributed by atoms with van der Waals surface area (Å²) in [5.41, 5.74) is 2.22. The second-order valence-electron chi connectivity index (χ2n) is 6.78. The quantitative estimate of drug-likeness (QED) is 0.659. The molecule has 2 rings (SSSR count). The predicted molar refractivity (Wildman–Crippen MR) is 103 cm³/mol. The van der Waals surface area contributed by atoms with Gasteiger partial charge in [0.15, 0.2) is 0 Å². The van der Waals surface area contributed by atoms with Gasteiger partial charge in [0.05, 0.1) is 25.9 Å². The number of piperazine rings is 1. The molecule has 0 aliphatic carbocycles. The van der Waals surface area contributed by atoms with Crippen LogP contribution < -0.4 is 4.74 Å². The van der Waals surface area contributed by atoms with Gasteiger partial charge >= 0.3 is 6.09 Å². The first kappa shape index (κ1) is 21.5. The Hall–Kier alpha value is -1.83. The fraction of sp³-hybridized carbons (Fsp3) is 0.650. The first-order valence-electron chi connectivity index (χ1n) is 9.60. The molecule has 0 unspecified atom stereocenters. The van der Waals surface area contributed by atoms with E-state index < -0.39 is 6.10 Å². The number of para-hydroxylation sites is 1. The average Bonchev–Trinajstić information content (AvgIpc) is 2.64. The fourth-order valence-corrected chi connectivity index (χ4v) is 3.13. The first-order chi connectivity index (χ1) is 13.0. The van der Waals surface area contributed by atoms with Gasteiger partial charge in [-0.25, -0.2) is 4.79 Å². The molecule has 0 spiro atoms. The van der Waals surface area contributed by atoms with Gasteiger partial charge in [-0.3, -0.25) is 4.90 Å². The van der Waals surface area contributed by atoms with Crippen LogP contribution in [0, 0.1) is 13.8 Å². The summed E-state index contributed by atoms with van der Waals surface area (Å²) in [6.45, 7) is 10.6. The minimum atomic E-state index is -0.556. The Bertz CT molecular complexity index is 567. The minimum absolute atomic E-state index is 0.259.